The summed E-state index contributed by atoms with van der Waals surface area (Å²) in [7, 11) is 0. The predicted octanol–water partition coefficient (Wildman–Crippen LogP) is 3.36. The van der Waals surface area contributed by atoms with Gasteiger partial charge in [-0.2, -0.15) is 0 Å². The number of hydrogen-bond acceptors (Lipinski definition) is 4. The molecule has 2 fully saturated rings. The fraction of sp³-hybridized carbons (Fsp3) is 0.562. The lowest BCUT2D eigenvalue weighted by Gasteiger charge is -2.40. The highest BCUT2D eigenvalue weighted by atomic mass is 35.5. The van der Waals surface area contributed by atoms with Crippen molar-refractivity contribution in [3.8, 4) is 0 Å². The molecule has 0 aliphatic carbocycles. The number of halogens is 2. The van der Waals surface area contributed by atoms with Crippen molar-refractivity contribution in [1.82, 2.24) is 9.80 Å². The van der Waals surface area contributed by atoms with Crippen molar-refractivity contribution in [2.24, 2.45) is 0 Å². The van der Waals surface area contributed by atoms with Gasteiger partial charge >= 0.3 is 6.03 Å². The number of rotatable bonds is 3. The van der Waals surface area contributed by atoms with Gasteiger partial charge < -0.3 is 15.3 Å². The Kier molecular flexibility index (Phi) is 5.82. The molecule has 1 aromatic carbocycles. The van der Waals surface area contributed by atoms with Gasteiger partial charge in [-0.25, -0.2) is 4.79 Å². The molecule has 0 unspecified atom stereocenters. The fourth-order valence-corrected chi connectivity index (χ4v) is 4.63. The first-order chi connectivity index (χ1) is 11.4. The van der Waals surface area contributed by atoms with E-state index in [1.807, 2.05) is 11.8 Å². The largest absolute Gasteiger partial charge is 0.388 e. The maximum Gasteiger partial charge on any atom is 0.321 e. The van der Waals surface area contributed by atoms with E-state index < -0.39 is 5.60 Å². The number of carbonyl (C=O) groups excluding carboxylic acids is 1. The summed E-state index contributed by atoms with van der Waals surface area (Å²) in [6.07, 6.45) is 1.19. The van der Waals surface area contributed by atoms with Gasteiger partial charge in [0, 0.05) is 53.5 Å². The molecule has 0 saturated carbocycles. The molecule has 2 amide bonds. The summed E-state index contributed by atoms with van der Waals surface area (Å²) in [4.78, 5) is 16.4. The molecule has 1 aromatic rings. The number of piperidine rings is 1. The SMILES string of the molecule is O=C(Nc1cc(Cl)cc(Cl)c1)N1CCC(O)(CN2CCSC2)CC1. The molecule has 132 valence electrons. The fourth-order valence-electron chi connectivity index (χ4n) is 3.11. The van der Waals surface area contributed by atoms with Gasteiger partial charge in [-0.15, -0.1) is 11.8 Å². The van der Waals surface area contributed by atoms with Crippen molar-refractivity contribution in [2.75, 3.05) is 43.1 Å². The second-order valence-electron chi connectivity index (χ2n) is 6.39. The number of anilines is 1. The van der Waals surface area contributed by atoms with Crippen LogP contribution in [0.5, 0.6) is 0 Å². The number of nitrogens with one attached hydrogen (secondary N) is 1. The highest BCUT2D eigenvalue weighted by Gasteiger charge is 2.36. The third-order valence-electron chi connectivity index (χ3n) is 4.44. The zero-order valence-electron chi connectivity index (χ0n) is 13.3. The van der Waals surface area contributed by atoms with Crippen molar-refractivity contribution in [3.05, 3.63) is 28.2 Å². The lowest BCUT2D eigenvalue weighted by molar-refractivity contribution is -0.0317. The quantitative estimate of drug-likeness (QED) is 0.831. The Morgan fingerprint density at radius 2 is 1.88 bits per heavy atom. The third-order valence-corrected chi connectivity index (χ3v) is 5.89. The first kappa shape index (κ1) is 18.1. The van der Waals surface area contributed by atoms with Crippen LogP contribution in [0.2, 0.25) is 10.0 Å². The molecule has 2 aliphatic rings. The number of benzene rings is 1. The Hall–Kier alpha value is -0.660. The Balaban J connectivity index is 1.52. The van der Waals surface area contributed by atoms with Gasteiger partial charge in [-0.3, -0.25) is 4.90 Å². The lowest BCUT2D eigenvalue weighted by atomic mass is 9.91. The number of β-amino-alcohol motifs (C(OH)–C–C–N with tert-alkyl or cyclic N) is 1. The minimum atomic E-state index is -0.693. The predicted molar refractivity (Wildman–Crippen MR) is 100 cm³/mol. The molecule has 0 atom stereocenters. The van der Waals surface area contributed by atoms with Crippen molar-refractivity contribution >= 4 is 46.7 Å². The molecule has 2 aliphatic heterocycles. The Morgan fingerprint density at radius 1 is 1.21 bits per heavy atom. The summed E-state index contributed by atoms with van der Waals surface area (Å²) >= 11 is 13.8. The summed E-state index contributed by atoms with van der Waals surface area (Å²) in [5, 5.41) is 14.5. The molecule has 0 bridgehead atoms. The van der Waals surface area contributed by atoms with Gasteiger partial charge in [0.2, 0.25) is 0 Å². The van der Waals surface area contributed by atoms with Gasteiger partial charge in [-0.05, 0) is 31.0 Å². The number of aliphatic hydroxyl groups is 1. The normalized spacial score (nSPS) is 21.0. The van der Waals surface area contributed by atoms with Crippen LogP contribution < -0.4 is 5.32 Å². The number of hydrogen-bond donors (Lipinski definition) is 2. The Morgan fingerprint density at radius 3 is 2.46 bits per heavy atom. The third kappa shape index (κ3) is 4.70. The summed E-state index contributed by atoms with van der Waals surface area (Å²) in [5.74, 6) is 2.12. The van der Waals surface area contributed by atoms with E-state index in [4.69, 9.17) is 23.2 Å². The van der Waals surface area contributed by atoms with E-state index >= 15 is 0 Å². The number of thioether (sulfide) groups is 1. The highest BCUT2D eigenvalue weighted by molar-refractivity contribution is 7.99. The van der Waals surface area contributed by atoms with Crippen LogP contribution in [-0.4, -0.2) is 64.3 Å². The number of urea groups is 1. The van der Waals surface area contributed by atoms with Gasteiger partial charge in [0.1, 0.15) is 0 Å². The van der Waals surface area contributed by atoms with Crippen LogP contribution in [0.25, 0.3) is 0 Å². The van der Waals surface area contributed by atoms with Gasteiger partial charge in [0.15, 0.2) is 0 Å². The average Bonchev–Trinajstić information content (AvgIpc) is 2.99. The van der Waals surface area contributed by atoms with Crippen LogP contribution in [0.1, 0.15) is 12.8 Å². The summed E-state index contributed by atoms with van der Waals surface area (Å²) in [5.41, 5.74) is -0.117. The van der Waals surface area contributed by atoms with Crippen molar-refractivity contribution in [3.63, 3.8) is 0 Å². The maximum absolute atomic E-state index is 12.4. The topological polar surface area (TPSA) is 55.8 Å². The maximum atomic E-state index is 12.4. The zero-order valence-corrected chi connectivity index (χ0v) is 15.6. The molecular formula is C16H21Cl2N3O2S. The van der Waals surface area contributed by atoms with Gasteiger partial charge in [-0.1, -0.05) is 23.2 Å². The van der Waals surface area contributed by atoms with E-state index in [0.717, 1.165) is 18.2 Å². The van der Waals surface area contributed by atoms with Gasteiger partial charge in [0.05, 0.1) is 5.60 Å². The van der Waals surface area contributed by atoms with Gasteiger partial charge in [0.25, 0.3) is 0 Å². The molecule has 0 spiro atoms. The second kappa shape index (κ2) is 7.70. The van der Waals surface area contributed by atoms with Crippen LogP contribution in [0.3, 0.4) is 0 Å². The number of nitrogens with zero attached hydrogens (tertiary/aromatic N) is 2. The molecule has 0 aromatic heterocycles. The van der Waals surface area contributed by atoms with Crippen LogP contribution >= 0.6 is 35.0 Å². The summed E-state index contributed by atoms with van der Waals surface area (Å²) < 4.78 is 0. The molecule has 5 nitrogen and oxygen atoms in total. The van der Waals surface area contributed by atoms with E-state index in [9.17, 15) is 9.90 Å². The molecular weight excluding hydrogens is 369 g/mol. The zero-order chi connectivity index (χ0) is 17.2. The van der Waals surface area contributed by atoms with E-state index in [0.29, 0.717) is 48.2 Å². The molecule has 0 radical (unpaired) electrons. The van der Waals surface area contributed by atoms with Crippen LogP contribution in [-0.2, 0) is 0 Å². The van der Waals surface area contributed by atoms with Crippen LogP contribution in [0.15, 0.2) is 18.2 Å². The molecule has 8 heteroatoms. The minimum absolute atomic E-state index is 0.188. The van der Waals surface area contributed by atoms with Crippen molar-refractivity contribution in [1.29, 1.82) is 0 Å². The lowest BCUT2D eigenvalue weighted by Crippen LogP contribution is -2.52. The van der Waals surface area contributed by atoms with E-state index in [-0.39, 0.29) is 6.03 Å². The smallest absolute Gasteiger partial charge is 0.321 e. The van der Waals surface area contributed by atoms with E-state index in [1.54, 1.807) is 23.1 Å². The van der Waals surface area contributed by atoms with Crippen LogP contribution in [0, 0.1) is 0 Å². The Bertz CT molecular complexity index is 583. The second-order valence-corrected chi connectivity index (χ2v) is 8.34. The van der Waals surface area contributed by atoms with Crippen molar-refractivity contribution in [2.45, 2.75) is 18.4 Å². The highest BCUT2D eigenvalue weighted by Crippen LogP contribution is 2.27. The molecule has 2 heterocycles. The average molecular weight is 390 g/mol. The van der Waals surface area contributed by atoms with E-state index in [1.165, 1.54) is 0 Å². The van der Waals surface area contributed by atoms with E-state index in [2.05, 4.69) is 10.2 Å². The standard InChI is InChI=1S/C16H21Cl2N3O2S/c17-12-7-13(18)9-14(8-12)19-15(22)21-3-1-16(23,2-4-21)10-20-5-6-24-11-20/h7-9,23H,1-6,10-11H2,(H,19,22). The number of amides is 2. The summed E-state index contributed by atoms with van der Waals surface area (Å²) in [6, 6.07) is 4.76. The molecule has 2 saturated heterocycles. The number of carbonyl (C=O) groups is 1. The Labute approximate surface area is 156 Å². The van der Waals surface area contributed by atoms with Crippen molar-refractivity contribution < 1.29 is 9.90 Å². The molecule has 2 N–H and O–H groups in total. The monoisotopic (exact) mass is 389 g/mol. The first-order valence-corrected chi connectivity index (χ1v) is 9.89. The number of likely N-dealkylation sites (tertiary alicyclic amines) is 1. The molecule has 3 rings (SSSR count). The van der Waals surface area contributed by atoms with Crippen LogP contribution in [0.4, 0.5) is 10.5 Å². The summed E-state index contributed by atoms with van der Waals surface area (Å²) in [6.45, 7) is 2.81. The first-order valence-electron chi connectivity index (χ1n) is 7.98. The molecule has 24 heavy (non-hydrogen) atoms. The minimum Gasteiger partial charge on any atom is -0.388 e.